The number of ether oxygens (including phenoxy) is 3. The van der Waals surface area contributed by atoms with Gasteiger partial charge in [-0.15, -0.1) is 0 Å². The van der Waals surface area contributed by atoms with Crippen LogP contribution in [0.3, 0.4) is 0 Å². The van der Waals surface area contributed by atoms with Crippen LogP contribution in [-0.2, 0) is 9.53 Å². The molecule has 1 atom stereocenters. The van der Waals surface area contributed by atoms with Gasteiger partial charge in [-0.05, 0) is 37.3 Å². The standard InChI is InChI=1S/C22H19NO7/c1-13(23-20(25)15-5-2-3-6-16(15)21(23)26)22(27)30-12-17(24)14-7-8-18-19(11-14)29-10-4-9-28-18/h2-3,5-8,11,13H,4,9-10,12H2,1H3. The molecule has 0 bridgehead atoms. The van der Waals surface area contributed by atoms with Crippen molar-refractivity contribution in [2.75, 3.05) is 19.8 Å². The first-order valence-corrected chi connectivity index (χ1v) is 9.54. The minimum absolute atomic E-state index is 0.241. The molecular weight excluding hydrogens is 390 g/mol. The topological polar surface area (TPSA) is 99.2 Å². The fourth-order valence-electron chi connectivity index (χ4n) is 3.34. The lowest BCUT2D eigenvalue weighted by molar-refractivity contribution is -0.146. The number of amides is 2. The average molecular weight is 409 g/mol. The van der Waals surface area contributed by atoms with Crippen molar-refractivity contribution in [3.05, 3.63) is 59.2 Å². The van der Waals surface area contributed by atoms with Crippen LogP contribution in [0.15, 0.2) is 42.5 Å². The van der Waals surface area contributed by atoms with Crippen molar-refractivity contribution in [3.63, 3.8) is 0 Å². The molecule has 2 amide bonds. The lowest BCUT2D eigenvalue weighted by Crippen LogP contribution is -2.44. The summed E-state index contributed by atoms with van der Waals surface area (Å²) < 4.78 is 16.2. The van der Waals surface area contributed by atoms with Gasteiger partial charge in [0.2, 0.25) is 0 Å². The van der Waals surface area contributed by atoms with E-state index in [1.807, 2.05) is 0 Å². The van der Waals surface area contributed by atoms with Gasteiger partial charge in [0, 0.05) is 12.0 Å². The Morgan fingerprint density at radius 3 is 2.30 bits per heavy atom. The zero-order valence-corrected chi connectivity index (χ0v) is 16.3. The Hall–Kier alpha value is -3.68. The predicted octanol–water partition coefficient (Wildman–Crippen LogP) is 2.26. The number of rotatable bonds is 5. The van der Waals surface area contributed by atoms with Crippen LogP contribution in [0.5, 0.6) is 11.5 Å². The Balaban J connectivity index is 1.40. The minimum atomic E-state index is -1.16. The molecule has 2 aromatic carbocycles. The molecule has 0 saturated heterocycles. The molecule has 0 aromatic heterocycles. The highest BCUT2D eigenvalue weighted by Crippen LogP contribution is 2.30. The zero-order chi connectivity index (χ0) is 21.3. The lowest BCUT2D eigenvalue weighted by atomic mass is 10.1. The van der Waals surface area contributed by atoms with E-state index < -0.39 is 36.2 Å². The minimum Gasteiger partial charge on any atom is -0.490 e. The maximum atomic E-state index is 12.5. The number of ketones is 1. The molecule has 0 radical (unpaired) electrons. The quantitative estimate of drug-likeness (QED) is 0.424. The molecule has 2 aromatic rings. The summed E-state index contributed by atoms with van der Waals surface area (Å²) in [6.07, 6.45) is 0.741. The van der Waals surface area contributed by atoms with Crippen LogP contribution in [0.25, 0.3) is 0 Å². The third-order valence-electron chi connectivity index (χ3n) is 4.97. The summed E-state index contributed by atoms with van der Waals surface area (Å²) in [5.74, 6) is -1.38. The normalized spacial score (nSPS) is 16.0. The van der Waals surface area contributed by atoms with E-state index >= 15 is 0 Å². The first-order chi connectivity index (χ1) is 14.5. The number of esters is 1. The van der Waals surface area contributed by atoms with Crippen LogP contribution < -0.4 is 9.47 Å². The predicted molar refractivity (Wildman–Crippen MR) is 104 cm³/mol. The molecule has 0 N–H and O–H groups in total. The van der Waals surface area contributed by atoms with Crippen molar-refractivity contribution in [1.82, 2.24) is 4.90 Å². The number of carbonyl (C=O) groups is 4. The number of nitrogens with zero attached hydrogens (tertiary/aromatic N) is 1. The maximum Gasteiger partial charge on any atom is 0.329 e. The molecule has 0 saturated carbocycles. The first-order valence-electron chi connectivity index (χ1n) is 9.54. The summed E-state index contributed by atoms with van der Waals surface area (Å²) in [6, 6.07) is 9.94. The SMILES string of the molecule is CC(C(=O)OCC(=O)c1ccc2c(c1)OCCCO2)N1C(=O)c2ccccc2C1=O. The van der Waals surface area contributed by atoms with Gasteiger partial charge < -0.3 is 14.2 Å². The summed E-state index contributed by atoms with van der Waals surface area (Å²) in [7, 11) is 0. The van der Waals surface area contributed by atoms with Gasteiger partial charge in [0.25, 0.3) is 11.8 Å². The smallest absolute Gasteiger partial charge is 0.329 e. The van der Waals surface area contributed by atoms with E-state index in [1.165, 1.54) is 19.1 Å². The number of hydrogen-bond acceptors (Lipinski definition) is 7. The molecular formula is C22H19NO7. The molecule has 154 valence electrons. The fourth-order valence-corrected chi connectivity index (χ4v) is 3.34. The second kappa shape index (κ2) is 7.98. The van der Waals surface area contributed by atoms with Crippen LogP contribution in [0, 0.1) is 0 Å². The van der Waals surface area contributed by atoms with Crippen molar-refractivity contribution >= 4 is 23.6 Å². The third-order valence-corrected chi connectivity index (χ3v) is 4.97. The molecule has 2 aliphatic heterocycles. The molecule has 0 fully saturated rings. The number of fused-ring (bicyclic) bond motifs is 2. The number of benzene rings is 2. The van der Waals surface area contributed by atoms with E-state index in [0.717, 1.165) is 11.3 Å². The average Bonchev–Trinajstić information content (AvgIpc) is 2.91. The van der Waals surface area contributed by atoms with Crippen molar-refractivity contribution in [3.8, 4) is 11.5 Å². The van der Waals surface area contributed by atoms with Crippen molar-refractivity contribution in [2.45, 2.75) is 19.4 Å². The van der Waals surface area contributed by atoms with Gasteiger partial charge in [0.1, 0.15) is 6.04 Å². The van der Waals surface area contributed by atoms with Gasteiger partial charge in [-0.25, -0.2) is 4.79 Å². The lowest BCUT2D eigenvalue weighted by Gasteiger charge is -2.20. The molecule has 0 spiro atoms. The number of hydrogen-bond donors (Lipinski definition) is 0. The molecule has 2 aliphatic rings. The highest BCUT2D eigenvalue weighted by molar-refractivity contribution is 6.22. The highest BCUT2D eigenvalue weighted by Gasteiger charge is 2.41. The summed E-state index contributed by atoms with van der Waals surface area (Å²) in [5, 5.41) is 0. The summed E-state index contributed by atoms with van der Waals surface area (Å²) >= 11 is 0. The highest BCUT2D eigenvalue weighted by atomic mass is 16.5. The second-order valence-electron chi connectivity index (χ2n) is 6.94. The van der Waals surface area contributed by atoms with Crippen molar-refractivity contribution in [2.24, 2.45) is 0 Å². The third kappa shape index (κ3) is 3.52. The van der Waals surface area contributed by atoms with E-state index in [-0.39, 0.29) is 11.1 Å². The molecule has 30 heavy (non-hydrogen) atoms. The fraction of sp³-hybridized carbons (Fsp3) is 0.273. The summed E-state index contributed by atoms with van der Waals surface area (Å²) in [6.45, 7) is 1.89. The molecule has 8 nitrogen and oxygen atoms in total. The van der Waals surface area contributed by atoms with Crippen LogP contribution in [0.2, 0.25) is 0 Å². The molecule has 0 aliphatic carbocycles. The van der Waals surface area contributed by atoms with E-state index in [4.69, 9.17) is 14.2 Å². The Kier molecular flexibility index (Phi) is 5.22. The Labute approximate surface area is 172 Å². The van der Waals surface area contributed by atoms with Crippen molar-refractivity contribution < 1.29 is 33.4 Å². The number of imide groups is 1. The van der Waals surface area contributed by atoms with Crippen molar-refractivity contribution in [1.29, 1.82) is 0 Å². The maximum absolute atomic E-state index is 12.5. The number of Topliss-reactive ketones (excluding diaryl/α,β-unsaturated/α-hetero) is 1. The van der Waals surface area contributed by atoms with Gasteiger partial charge >= 0.3 is 5.97 Å². The van der Waals surface area contributed by atoms with E-state index in [2.05, 4.69) is 0 Å². The summed E-state index contributed by atoms with van der Waals surface area (Å²) in [5.41, 5.74) is 0.788. The molecule has 2 heterocycles. The molecule has 8 heteroatoms. The van der Waals surface area contributed by atoms with E-state index in [9.17, 15) is 19.2 Å². The van der Waals surface area contributed by atoms with Gasteiger partial charge in [-0.1, -0.05) is 12.1 Å². The largest absolute Gasteiger partial charge is 0.490 e. The summed E-state index contributed by atoms with van der Waals surface area (Å²) in [4.78, 5) is 50.7. The van der Waals surface area contributed by atoms with Gasteiger partial charge in [0.05, 0.1) is 24.3 Å². The Bertz CT molecular complexity index is 1010. The first kappa shape index (κ1) is 19.6. The van der Waals surface area contributed by atoms with Crippen LogP contribution in [0.1, 0.15) is 44.4 Å². The number of carbonyl (C=O) groups excluding carboxylic acids is 4. The second-order valence-corrected chi connectivity index (χ2v) is 6.94. The molecule has 4 rings (SSSR count). The van der Waals surface area contributed by atoms with Gasteiger partial charge in [-0.3, -0.25) is 19.3 Å². The van der Waals surface area contributed by atoms with Crippen LogP contribution in [-0.4, -0.2) is 54.3 Å². The zero-order valence-electron chi connectivity index (χ0n) is 16.3. The van der Waals surface area contributed by atoms with Crippen LogP contribution in [0.4, 0.5) is 0 Å². The van der Waals surface area contributed by atoms with E-state index in [1.54, 1.807) is 30.3 Å². The Morgan fingerprint density at radius 2 is 1.63 bits per heavy atom. The van der Waals surface area contributed by atoms with Gasteiger partial charge in [0.15, 0.2) is 23.9 Å². The van der Waals surface area contributed by atoms with Gasteiger partial charge in [-0.2, -0.15) is 0 Å². The monoisotopic (exact) mass is 409 g/mol. The Morgan fingerprint density at radius 1 is 1.00 bits per heavy atom. The van der Waals surface area contributed by atoms with Crippen LogP contribution >= 0.6 is 0 Å². The molecule has 1 unspecified atom stereocenters. The van der Waals surface area contributed by atoms with E-state index in [0.29, 0.717) is 30.3 Å².